The topological polar surface area (TPSA) is 54.8 Å². The van der Waals surface area contributed by atoms with Crippen LogP contribution in [0.3, 0.4) is 0 Å². The van der Waals surface area contributed by atoms with Crippen molar-refractivity contribution in [2.75, 3.05) is 33.3 Å². The van der Waals surface area contributed by atoms with Gasteiger partial charge in [-0.3, -0.25) is 9.59 Å². The van der Waals surface area contributed by atoms with Crippen molar-refractivity contribution in [2.45, 2.75) is 12.8 Å². The number of nitrogens with zero attached hydrogens (tertiary/aromatic N) is 3. The monoisotopic (exact) mass is 355 g/mol. The molecule has 0 saturated carbocycles. The van der Waals surface area contributed by atoms with E-state index in [4.69, 9.17) is 4.74 Å². The van der Waals surface area contributed by atoms with Crippen LogP contribution in [-0.4, -0.2) is 59.5 Å². The van der Waals surface area contributed by atoms with Crippen LogP contribution in [0, 0.1) is 0 Å². The molecule has 1 fully saturated rings. The van der Waals surface area contributed by atoms with Gasteiger partial charge in [-0.25, -0.2) is 0 Å². The van der Waals surface area contributed by atoms with Crippen molar-refractivity contribution in [3.8, 4) is 5.75 Å². The van der Waals surface area contributed by atoms with Gasteiger partial charge in [-0.1, -0.05) is 18.2 Å². The van der Waals surface area contributed by atoms with Crippen molar-refractivity contribution in [3.05, 3.63) is 53.9 Å². The van der Waals surface area contributed by atoms with Crippen molar-refractivity contribution in [1.82, 2.24) is 14.4 Å². The van der Waals surface area contributed by atoms with Gasteiger partial charge in [0.25, 0.3) is 5.91 Å². The van der Waals surface area contributed by atoms with Crippen LogP contribution in [0.5, 0.6) is 5.75 Å². The van der Waals surface area contributed by atoms with Crippen LogP contribution >= 0.6 is 0 Å². The number of benzene rings is 1. The molecular weight excluding hydrogens is 330 g/mol. The van der Waals surface area contributed by atoms with E-state index in [2.05, 4.69) is 0 Å². The molecule has 0 unspecified atom stereocenters. The van der Waals surface area contributed by atoms with E-state index in [1.165, 1.54) is 0 Å². The first-order valence-electron chi connectivity index (χ1n) is 8.89. The Bertz CT molecular complexity index is 784. The van der Waals surface area contributed by atoms with Gasteiger partial charge >= 0.3 is 0 Å². The molecular formula is C20H25N3O3. The average Bonchev–Trinajstić information content (AvgIpc) is 2.93. The van der Waals surface area contributed by atoms with Gasteiger partial charge in [0.2, 0.25) is 5.91 Å². The lowest BCUT2D eigenvalue weighted by atomic mass is 10.1. The summed E-state index contributed by atoms with van der Waals surface area (Å²) in [6.07, 6.45) is 4.80. The van der Waals surface area contributed by atoms with E-state index in [1.807, 2.05) is 64.1 Å². The molecule has 1 aliphatic heterocycles. The highest BCUT2D eigenvalue weighted by molar-refractivity contribution is 5.94. The largest absolute Gasteiger partial charge is 0.496 e. The number of para-hydroxylation sites is 1. The summed E-state index contributed by atoms with van der Waals surface area (Å²) in [4.78, 5) is 29.0. The molecule has 0 radical (unpaired) electrons. The second kappa shape index (κ2) is 8.08. The van der Waals surface area contributed by atoms with Crippen LogP contribution < -0.4 is 4.74 Å². The summed E-state index contributed by atoms with van der Waals surface area (Å²) >= 11 is 0. The van der Waals surface area contributed by atoms with Gasteiger partial charge in [-0.2, -0.15) is 0 Å². The second-order valence-electron chi connectivity index (χ2n) is 6.58. The van der Waals surface area contributed by atoms with Crippen molar-refractivity contribution in [1.29, 1.82) is 0 Å². The summed E-state index contributed by atoms with van der Waals surface area (Å²) in [5, 5.41) is 0. The highest BCUT2D eigenvalue weighted by Gasteiger charge is 2.23. The first-order valence-corrected chi connectivity index (χ1v) is 8.89. The third-order valence-electron chi connectivity index (χ3n) is 4.75. The molecule has 3 rings (SSSR count). The van der Waals surface area contributed by atoms with Gasteiger partial charge < -0.3 is 19.1 Å². The first kappa shape index (κ1) is 18.0. The maximum absolute atomic E-state index is 12.7. The molecule has 138 valence electrons. The number of aryl methyl sites for hydroxylation is 1. The zero-order valence-electron chi connectivity index (χ0n) is 15.4. The van der Waals surface area contributed by atoms with Crippen molar-refractivity contribution < 1.29 is 14.3 Å². The van der Waals surface area contributed by atoms with E-state index in [1.54, 1.807) is 7.11 Å². The molecule has 1 aromatic carbocycles. The number of carbonyl (C=O) groups excluding carboxylic acids is 2. The minimum absolute atomic E-state index is 0.0321. The third kappa shape index (κ3) is 4.07. The third-order valence-corrected chi connectivity index (χ3v) is 4.75. The second-order valence-corrected chi connectivity index (χ2v) is 6.58. The molecule has 2 heterocycles. The van der Waals surface area contributed by atoms with Gasteiger partial charge in [0, 0.05) is 51.2 Å². The molecule has 0 N–H and O–H groups in total. The minimum Gasteiger partial charge on any atom is -0.496 e. The number of methoxy groups -OCH3 is 1. The zero-order chi connectivity index (χ0) is 18.5. The molecule has 0 spiro atoms. The highest BCUT2D eigenvalue weighted by Crippen LogP contribution is 2.19. The summed E-state index contributed by atoms with van der Waals surface area (Å²) in [5.74, 6) is 0.838. The molecule has 6 heteroatoms. The first-order chi connectivity index (χ1) is 12.6. The van der Waals surface area contributed by atoms with E-state index < -0.39 is 0 Å². The number of ether oxygens (including phenoxy) is 1. The molecule has 0 atom stereocenters. The van der Waals surface area contributed by atoms with E-state index in [0.717, 1.165) is 17.7 Å². The van der Waals surface area contributed by atoms with Crippen LogP contribution in [-0.2, 0) is 18.3 Å². The number of hydrogen-bond donors (Lipinski definition) is 0. The van der Waals surface area contributed by atoms with E-state index >= 15 is 0 Å². The van der Waals surface area contributed by atoms with Gasteiger partial charge in [0.1, 0.15) is 5.75 Å². The summed E-state index contributed by atoms with van der Waals surface area (Å²) < 4.78 is 7.20. The maximum Gasteiger partial charge on any atom is 0.255 e. The summed E-state index contributed by atoms with van der Waals surface area (Å²) in [7, 11) is 3.51. The number of aromatic nitrogens is 1. The smallest absolute Gasteiger partial charge is 0.255 e. The van der Waals surface area contributed by atoms with Crippen molar-refractivity contribution in [2.24, 2.45) is 7.05 Å². The maximum atomic E-state index is 12.7. The lowest BCUT2D eigenvalue weighted by Gasteiger charge is -2.22. The van der Waals surface area contributed by atoms with Crippen LogP contribution in [0.4, 0.5) is 0 Å². The van der Waals surface area contributed by atoms with Crippen molar-refractivity contribution in [3.63, 3.8) is 0 Å². The Balaban J connectivity index is 1.61. The normalized spacial score (nSPS) is 14.8. The summed E-state index contributed by atoms with van der Waals surface area (Å²) in [6.45, 7) is 2.47. The van der Waals surface area contributed by atoms with E-state index in [-0.39, 0.29) is 11.8 Å². The lowest BCUT2D eigenvalue weighted by molar-refractivity contribution is -0.130. The Morgan fingerprint density at radius 3 is 2.50 bits per heavy atom. The molecule has 1 aliphatic rings. The van der Waals surface area contributed by atoms with E-state index in [0.29, 0.717) is 38.2 Å². The molecule has 2 amide bonds. The van der Waals surface area contributed by atoms with E-state index in [9.17, 15) is 9.59 Å². The Morgan fingerprint density at radius 1 is 1.04 bits per heavy atom. The highest BCUT2D eigenvalue weighted by atomic mass is 16.5. The Labute approximate surface area is 154 Å². The SMILES string of the molecule is COc1ccccc1CC(=O)N1CCCN(C(=O)c2ccn(C)c2)CC1. The number of rotatable bonds is 4. The predicted molar refractivity (Wildman–Crippen MR) is 99.2 cm³/mol. The van der Waals surface area contributed by atoms with Gasteiger partial charge in [0.15, 0.2) is 0 Å². The zero-order valence-corrected chi connectivity index (χ0v) is 15.4. The fraction of sp³-hybridized carbons (Fsp3) is 0.400. The number of carbonyl (C=O) groups is 2. The molecule has 0 bridgehead atoms. The van der Waals surface area contributed by atoms with Gasteiger partial charge in [0.05, 0.1) is 19.1 Å². The fourth-order valence-electron chi connectivity index (χ4n) is 3.31. The van der Waals surface area contributed by atoms with Gasteiger partial charge in [-0.05, 0) is 18.6 Å². The predicted octanol–water partition coefficient (Wildman–Crippen LogP) is 1.95. The van der Waals surface area contributed by atoms with Crippen LogP contribution in [0.25, 0.3) is 0 Å². The summed E-state index contributed by atoms with van der Waals surface area (Å²) in [6, 6.07) is 9.42. The molecule has 26 heavy (non-hydrogen) atoms. The quantitative estimate of drug-likeness (QED) is 0.842. The fourth-order valence-corrected chi connectivity index (χ4v) is 3.31. The molecule has 1 saturated heterocycles. The standard InChI is InChI=1S/C20H25N3O3/c1-21-11-8-17(15-21)20(25)23-10-5-9-22(12-13-23)19(24)14-16-6-3-4-7-18(16)26-2/h3-4,6-8,11,15H,5,9-10,12-14H2,1-2H3. The molecule has 6 nitrogen and oxygen atoms in total. The Morgan fingerprint density at radius 2 is 1.77 bits per heavy atom. The molecule has 1 aromatic heterocycles. The lowest BCUT2D eigenvalue weighted by Crippen LogP contribution is -2.38. The minimum atomic E-state index is 0.0321. The number of hydrogen-bond acceptors (Lipinski definition) is 3. The Hall–Kier alpha value is -2.76. The molecule has 2 aromatic rings. The number of amides is 2. The van der Waals surface area contributed by atoms with Crippen molar-refractivity contribution >= 4 is 11.8 Å². The van der Waals surface area contributed by atoms with Crippen LogP contribution in [0.15, 0.2) is 42.7 Å². The Kier molecular flexibility index (Phi) is 5.61. The molecule has 0 aliphatic carbocycles. The van der Waals surface area contributed by atoms with Crippen LogP contribution in [0.1, 0.15) is 22.3 Å². The average molecular weight is 355 g/mol. The van der Waals surface area contributed by atoms with Gasteiger partial charge in [-0.15, -0.1) is 0 Å². The van der Waals surface area contributed by atoms with Crippen LogP contribution in [0.2, 0.25) is 0 Å². The summed E-state index contributed by atoms with van der Waals surface area (Å²) in [5.41, 5.74) is 1.59.